The molecule has 14 heavy (non-hydrogen) atoms. The molecule has 1 rings (SSSR count). The SMILES string of the molecule is NC(=O)c1ncc(C(F)F)c(Cl)c1N. The van der Waals surface area contributed by atoms with E-state index in [0.29, 0.717) is 0 Å². The summed E-state index contributed by atoms with van der Waals surface area (Å²) >= 11 is 5.48. The van der Waals surface area contributed by atoms with Crippen molar-refractivity contribution in [1.29, 1.82) is 0 Å². The van der Waals surface area contributed by atoms with E-state index in [0.717, 1.165) is 6.20 Å². The summed E-state index contributed by atoms with van der Waals surface area (Å²) in [5.41, 5.74) is 9.03. The van der Waals surface area contributed by atoms with E-state index in [9.17, 15) is 13.6 Å². The Morgan fingerprint density at radius 3 is 2.57 bits per heavy atom. The first-order valence-corrected chi connectivity index (χ1v) is 3.84. The van der Waals surface area contributed by atoms with Gasteiger partial charge in [0.05, 0.1) is 16.3 Å². The molecule has 0 spiro atoms. The van der Waals surface area contributed by atoms with Gasteiger partial charge in [0.15, 0.2) is 5.69 Å². The number of aromatic nitrogens is 1. The number of carbonyl (C=O) groups excluding carboxylic acids is 1. The predicted octanol–water partition coefficient (Wildman–Crippen LogP) is 1.35. The van der Waals surface area contributed by atoms with Crippen LogP contribution in [0, 0.1) is 0 Å². The van der Waals surface area contributed by atoms with Gasteiger partial charge in [-0.15, -0.1) is 0 Å². The average molecular weight is 222 g/mol. The number of primary amides is 1. The normalized spacial score (nSPS) is 10.6. The molecule has 4 nitrogen and oxygen atoms in total. The van der Waals surface area contributed by atoms with Gasteiger partial charge in [-0.05, 0) is 0 Å². The number of anilines is 1. The number of nitrogens with two attached hydrogens (primary N) is 2. The van der Waals surface area contributed by atoms with Crippen LogP contribution >= 0.6 is 11.6 Å². The minimum absolute atomic E-state index is 0.306. The monoisotopic (exact) mass is 221 g/mol. The van der Waals surface area contributed by atoms with Gasteiger partial charge < -0.3 is 11.5 Å². The minimum atomic E-state index is -2.79. The number of amides is 1. The number of rotatable bonds is 2. The second-order valence-electron chi connectivity index (χ2n) is 2.45. The minimum Gasteiger partial charge on any atom is -0.396 e. The number of hydrogen-bond donors (Lipinski definition) is 2. The zero-order valence-electron chi connectivity index (χ0n) is 6.80. The number of carbonyl (C=O) groups is 1. The molecule has 4 N–H and O–H groups in total. The summed E-state index contributed by atoms with van der Waals surface area (Å²) in [5.74, 6) is -0.912. The van der Waals surface area contributed by atoms with Gasteiger partial charge in [0.2, 0.25) is 0 Å². The van der Waals surface area contributed by atoms with Crippen LogP contribution in [0.5, 0.6) is 0 Å². The highest BCUT2D eigenvalue weighted by Gasteiger charge is 2.19. The van der Waals surface area contributed by atoms with Gasteiger partial charge in [0, 0.05) is 6.20 Å². The lowest BCUT2D eigenvalue weighted by atomic mass is 10.2. The summed E-state index contributed by atoms with van der Waals surface area (Å²) in [5, 5.41) is -0.385. The molecule has 1 aromatic heterocycles. The number of nitrogens with zero attached hydrogens (tertiary/aromatic N) is 1. The lowest BCUT2D eigenvalue weighted by Gasteiger charge is -2.07. The van der Waals surface area contributed by atoms with Gasteiger partial charge in [0.1, 0.15) is 0 Å². The highest BCUT2D eigenvalue weighted by atomic mass is 35.5. The van der Waals surface area contributed by atoms with Gasteiger partial charge >= 0.3 is 0 Å². The van der Waals surface area contributed by atoms with E-state index >= 15 is 0 Å². The lowest BCUT2D eigenvalue weighted by molar-refractivity contribution is 0.0995. The van der Waals surface area contributed by atoms with Crippen molar-refractivity contribution in [2.24, 2.45) is 5.73 Å². The molecular weight excluding hydrogens is 216 g/mol. The summed E-state index contributed by atoms with van der Waals surface area (Å²) in [6.07, 6.45) is -2.01. The Hall–Kier alpha value is -1.43. The number of hydrogen-bond acceptors (Lipinski definition) is 3. The van der Waals surface area contributed by atoms with E-state index in [4.69, 9.17) is 23.1 Å². The van der Waals surface area contributed by atoms with Crippen molar-refractivity contribution in [3.8, 4) is 0 Å². The number of pyridine rings is 1. The van der Waals surface area contributed by atoms with E-state index in [2.05, 4.69) is 4.98 Å². The fraction of sp³-hybridized carbons (Fsp3) is 0.143. The van der Waals surface area contributed by atoms with Gasteiger partial charge in [0.25, 0.3) is 12.3 Å². The van der Waals surface area contributed by atoms with Crippen LogP contribution in [0.4, 0.5) is 14.5 Å². The highest BCUT2D eigenvalue weighted by Crippen LogP contribution is 2.31. The molecule has 0 aliphatic heterocycles. The summed E-state index contributed by atoms with van der Waals surface area (Å²) in [6.45, 7) is 0. The van der Waals surface area contributed by atoms with Crippen LogP contribution in [0.25, 0.3) is 0 Å². The first kappa shape index (κ1) is 10.6. The molecule has 76 valence electrons. The molecule has 1 aromatic rings. The van der Waals surface area contributed by atoms with E-state index in [-0.39, 0.29) is 16.4 Å². The van der Waals surface area contributed by atoms with Crippen LogP contribution in [0.1, 0.15) is 22.5 Å². The van der Waals surface area contributed by atoms with Crippen LogP contribution in [-0.4, -0.2) is 10.9 Å². The quantitative estimate of drug-likeness (QED) is 0.791. The third kappa shape index (κ3) is 1.74. The number of alkyl halides is 2. The maximum absolute atomic E-state index is 12.2. The molecule has 0 saturated heterocycles. The van der Waals surface area contributed by atoms with Crippen LogP contribution in [0.15, 0.2) is 6.20 Å². The van der Waals surface area contributed by atoms with Crippen LogP contribution < -0.4 is 11.5 Å². The maximum Gasteiger partial charge on any atom is 0.269 e. The number of halogens is 3. The largest absolute Gasteiger partial charge is 0.396 e. The van der Waals surface area contributed by atoms with E-state index in [1.54, 1.807) is 0 Å². The second-order valence-corrected chi connectivity index (χ2v) is 2.83. The Morgan fingerprint density at radius 2 is 2.14 bits per heavy atom. The smallest absolute Gasteiger partial charge is 0.269 e. The summed E-state index contributed by atoms with van der Waals surface area (Å²) in [4.78, 5) is 14.1. The third-order valence-electron chi connectivity index (χ3n) is 1.55. The predicted molar refractivity (Wildman–Crippen MR) is 47.1 cm³/mol. The molecule has 0 aliphatic rings. The first-order chi connectivity index (χ1) is 6.45. The fourth-order valence-corrected chi connectivity index (χ4v) is 1.09. The van der Waals surface area contributed by atoms with Crippen molar-refractivity contribution in [2.75, 3.05) is 5.73 Å². The van der Waals surface area contributed by atoms with Crippen molar-refractivity contribution < 1.29 is 13.6 Å². The van der Waals surface area contributed by atoms with Crippen LogP contribution in [0.3, 0.4) is 0 Å². The zero-order valence-corrected chi connectivity index (χ0v) is 7.55. The fourth-order valence-electron chi connectivity index (χ4n) is 0.868. The van der Waals surface area contributed by atoms with E-state index < -0.39 is 17.9 Å². The van der Waals surface area contributed by atoms with Gasteiger partial charge in [-0.1, -0.05) is 11.6 Å². The first-order valence-electron chi connectivity index (χ1n) is 3.47. The Balaban J connectivity index is 3.33. The van der Waals surface area contributed by atoms with Gasteiger partial charge in [-0.3, -0.25) is 4.79 Å². The molecular formula is C7H6ClF2N3O. The molecule has 0 bridgehead atoms. The summed E-state index contributed by atoms with van der Waals surface area (Å²) < 4.78 is 24.5. The summed E-state index contributed by atoms with van der Waals surface area (Å²) in [7, 11) is 0. The van der Waals surface area contributed by atoms with Gasteiger partial charge in [-0.25, -0.2) is 13.8 Å². The van der Waals surface area contributed by atoms with Crippen molar-refractivity contribution in [1.82, 2.24) is 4.98 Å². The lowest BCUT2D eigenvalue weighted by Crippen LogP contribution is -2.16. The molecule has 1 amide bonds. The van der Waals surface area contributed by atoms with E-state index in [1.165, 1.54) is 0 Å². The molecule has 1 heterocycles. The van der Waals surface area contributed by atoms with Crippen molar-refractivity contribution >= 4 is 23.2 Å². The van der Waals surface area contributed by atoms with Crippen LogP contribution in [-0.2, 0) is 0 Å². The Bertz CT molecular complexity index is 383. The summed E-state index contributed by atoms with van der Waals surface area (Å²) in [6, 6.07) is 0. The topological polar surface area (TPSA) is 82.0 Å². The van der Waals surface area contributed by atoms with E-state index in [1.807, 2.05) is 0 Å². The maximum atomic E-state index is 12.2. The Morgan fingerprint density at radius 1 is 1.57 bits per heavy atom. The number of nitrogen functional groups attached to an aromatic ring is 1. The molecule has 0 unspecified atom stereocenters. The molecule has 0 aromatic carbocycles. The standard InChI is InChI=1S/C7H6ClF2N3O/c8-3-2(6(9)10)1-13-5(4(3)11)7(12)14/h1,6H,11H2,(H2,12,14). The van der Waals surface area contributed by atoms with Gasteiger partial charge in [-0.2, -0.15) is 0 Å². The molecule has 0 saturated carbocycles. The third-order valence-corrected chi connectivity index (χ3v) is 1.97. The Kier molecular flexibility index (Phi) is 2.85. The molecule has 7 heteroatoms. The average Bonchev–Trinajstić information content (AvgIpc) is 2.08. The molecule has 0 radical (unpaired) electrons. The van der Waals surface area contributed by atoms with Crippen molar-refractivity contribution in [2.45, 2.75) is 6.43 Å². The van der Waals surface area contributed by atoms with Crippen molar-refractivity contribution in [3.05, 3.63) is 22.5 Å². The second kappa shape index (κ2) is 3.75. The van der Waals surface area contributed by atoms with Crippen molar-refractivity contribution in [3.63, 3.8) is 0 Å². The highest BCUT2D eigenvalue weighted by molar-refractivity contribution is 6.34. The zero-order chi connectivity index (χ0) is 10.9. The molecule has 0 atom stereocenters. The molecule has 0 aliphatic carbocycles. The van der Waals surface area contributed by atoms with Crippen LogP contribution in [0.2, 0.25) is 5.02 Å². The Labute approximate surface area is 82.9 Å². The molecule has 0 fully saturated rings.